The van der Waals surface area contributed by atoms with Crippen LogP contribution in [0.1, 0.15) is 21.7 Å². The molecule has 130 valence electrons. The Bertz CT molecular complexity index is 1060. The van der Waals surface area contributed by atoms with Crippen LogP contribution in [-0.2, 0) is 6.54 Å². The van der Waals surface area contributed by atoms with Gasteiger partial charge in [0.25, 0.3) is 5.91 Å². The first-order valence-corrected chi connectivity index (χ1v) is 8.46. The lowest BCUT2D eigenvalue weighted by molar-refractivity contribution is 0.0755. The van der Waals surface area contributed by atoms with Crippen LogP contribution in [0.4, 0.5) is 0 Å². The first-order valence-electron chi connectivity index (χ1n) is 8.46. The van der Waals surface area contributed by atoms with Crippen molar-refractivity contribution in [3.05, 3.63) is 83.9 Å². The van der Waals surface area contributed by atoms with Gasteiger partial charge in [0, 0.05) is 36.3 Å². The third-order valence-corrected chi connectivity index (χ3v) is 4.46. The predicted octanol–water partition coefficient (Wildman–Crippen LogP) is 4.20. The Morgan fingerprint density at radius 2 is 1.85 bits per heavy atom. The van der Waals surface area contributed by atoms with E-state index in [-0.39, 0.29) is 5.91 Å². The van der Waals surface area contributed by atoms with E-state index in [9.17, 15) is 4.79 Å². The fourth-order valence-electron chi connectivity index (χ4n) is 3.06. The number of para-hydroxylation sites is 2. The third-order valence-electron chi connectivity index (χ3n) is 4.46. The molecule has 0 aliphatic carbocycles. The minimum atomic E-state index is -0.133. The molecule has 26 heavy (non-hydrogen) atoms. The average molecular weight is 345 g/mol. The maximum atomic E-state index is 12.8. The van der Waals surface area contributed by atoms with Gasteiger partial charge < -0.3 is 9.32 Å². The molecule has 0 spiro atoms. The normalized spacial score (nSPS) is 11.0. The van der Waals surface area contributed by atoms with Gasteiger partial charge in [0.05, 0.1) is 11.9 Å². The summed E-state index contributed by atoms with van der Waals surface area (Å²) in [4.78, 5) is 14.5. The molecular formula is C21H19N3O2. The van der Waals surface area contributed by atoms with Gasteiger partial charge >= 0.3 is 0 Å². The van der Waals surface area contributed by atoms with E-state index in [2.05, 4.69) is 5.10 Å². The van der Waals surface area contributed by atoms with Crippen molar-refractivity contribution in [1.82, 2.24) is 14.7 Å². The highest BCUT2D eigenvalue weighted by Gasteiger charge is 2.21. The Hall–Kier alpha value is -3.34. The molecule has 2 aromatic carbocycles. The molecule has 0 unspecified atom stereocenters. The SMILES string of the molecule is Cc1c(C(=O)N(C)Cc2cnn(-c3ccccc3)c2)oc2ccccc12. The molecule has 0 aliphatic heterocycles. The lowest BCUT2D eigenvalue weighted by Gasteiger charge is -2.15. The number of hydrogen-bond acceptors (Lipinski definition) is 3. The van der Waals surface area contributed by atoms with Crippen LogP contribution >= 0.6 is 0 Å². The molecule has 4 aromatic rings. The van der Waals surface area contributed by atoms with Gasteiger partial charge in [-0.25, -0.2) is 4.68 Å². The number of rotatable bonds is 4. The van der Waals surface area contributed by atoms with Crippen LogP contribution in [0.5, 0.6) is 0 Å². The molecule has 0 saturated carbocycles. The van der Waals surface area contributed by atoms with Crippen molar-refractivity contribution in [2.75, 3.05) is 7.05 Å². The number of furan rings is 1. The fourth-order valence-corrected chi connectivity index (χ4v) is 3.06. The Morgan fingerprint density at radius 3 is 2.62 bits per heavy atom. The number of carbonyl (C=O) groups is 1. The van der Waals surface area contributed by atoms with Crippen molar-refractivity contribution in [2.45, 2.75) is 13.5 Å². The number of amides is 1. The summed E-state index contributed by atoms with van der Waals surface area (Å²) >= 11 is 0. The Balaban J connectivity index is 1.54. The molecule has 0 aliphatic rings. The molecule has 2 heterocycles. The van der Waals surface area contributed by atoms with Crippen molar-refractivity contribution in [3.8, 4) is 5.69 Å². The summed E-state index contributed by atoms with van der Waals surface area (Å²) in [5, 5.41) is 5.35. The highest BCUT2D eigenvalue weighted by molar-refractivity contribution is 5.98. The molecule has 0 saturated heterocycles. The van der Waals surface area contributed by atoms with Gasteiger partial charge in [0.2, 0.25) is 0 Å². The largest absolute Gasteiger partial charge is 0.451 e. The third kappa shape index (κ3) is 2.88. The van der Waals surface area contributed by atoms with Crippen LogP contribution in [0.15, 0.2) is 71.4 Å². The summed E-state index contributed by atoms with van der Waals surface area (Å²) < 4.78 is 7.59. The van der Waals surface area contributed by atoms with Crippen molar-refractivity contribution in [2.24, 2.45) is 0 Å². The summed E-state index contributed by atoms with van der Waals surface area (Å²) in [6.07, 6.45) is 3.72. The summed E-state index contributed by atoms with van der Waals surface area (Å²) in [7, 11) is 1.77. The van der Waals surface area contributed by atoms with E-state index in [1.165, 1.54) is 0 Å². The average Bonchev–Trinajstić information content (AvgIpc) is 3.27. The molecule has 0 bridgehead atoms. The number of aryl methyl sites for hydroxylation is 1. The summed E-state index contributed by atoms with van der Waals surface area (Å²) in [5.74, 6) is 0.260. The predicted molar refractivity (Wildman–Crippen MR) is 100 cm³/mol. The number of nitrogens with zero attached hydrogens (tertiary/aromatic N) is 3. The van der Waals surface area contributed by atoms with Crippen LogP contribution in [-0.4, -0.2) is 27.6 Å². The molecule has 4 rings (SSSR count). The summed E-state index contributed by atoms with van der Waals surface area (Å²) in [6, 6.07) is 17.6. The van der Waals surface area contributed by atoms with E-state index in [4.69, 9.17) is 4.42 Å². The molecule has 5 nitrogen and oxygen atoms in total. The van der Waals surface area contributed by atoms with Gasteiger partial charge in [0.15, 0.2) is 5.76 Å². The van der Waals surface area contributed by atoms with E-state index in [0.29, 0.717) is 12.3 Å². The van der Waals surface area contributed by atoms with Crippen molar-refractivity contribution in [1.29, 1.82) is 0 Å². The van der Waals surface area contributed by atoms with E-state index >= 15 is 0 Å². The Kier molecular flexibility index (Phi) is 4.05. The molecule has 5 heteroatoms. The second kappa shape index (κ2) is 6.52. The van der Waals surface area contributed by atoms with Crippen LogP contribution in [0, 0.1) is 6.92 Å². The minimum Gasteiger partial charge on any atom is -0.451 e. The first-order chi connectivity index (χ1) is 12.6. The number of benzene rings is 2. The molecule has 0 radical (unpaired) electrons. The molecule has 1 amide bonds. The maximum Gasteiger partial charge on any atom is 0.289 e. The minimum absolute atomic E-state index is 0.133. The van der Waals surface area contributed by atoms with Crippen LogP contribution in [0.2, 0.25) is 0 Å². The summed E-state index contributed by atoms with van der Waals surface area (Å²) in [5.41, 5.74) is 3.55. The molecule has 0 fully saturated rings. The van der Waals surface area contributed by atoms with E-state index in [1.807, 2.05) is 67.7 Å². The van der Waals surface area contributed by atoms with Gasteiger partial charge in [0.1, 0.15) is 5.58 Å². The molecule has 2 aromatic heterocycles. The van der Waals surface area contributed by atoms with Gasteiger partial charge in [-0.1, -0.05) is 36.4 Å². The van der Waals surface area contributed by atoms with Crippen LogP contribution in [0.3, 0.4) is 0 Å². The molecule has 0 N–H and O–H groups in total. The van der Waals surface area contributed by atoms with Crippen molar-refractivity contribution in [3.63, 3.8) is 0 Å². The highest BCUT2D eigenvalue weighted by Crippen LogP contribution is 2.26. The monoisotopic (exact) mass is 345 g/mol. The van der Waals surface area contributed by atoms with Crippen LogP contribution < -0.4 is 0 Å². The lowest BCUT2D eigenvalue weighted by atomic mass is 10.1. The van der Waals surface area contributed by atoms with Gasteiger partial charge in [-0.15, -0.1) is 0 Å². The van der Waals surface area contributed by atoms with Crippen LogP contribution in [0.25, 0.3) is 16.7 Å². The number of carbonyl (C=O) groups excluding carboxylic acids is 1. The number of hydrogen-bond donors (Lipinski definition) is 0. The zero-order valence-electron chi connectivity index (χ0n) is 14.7. The van der Waals surface area contributed by atoms with Crippen molar-refractivity contribution < 1.29 is 9.21 Å². The van der Waals surface area contributed by atoms with Gasteiger partial charge in [-0.3, -0.25) is 4.79 Å². The Morgan fingerprint density at radius 1 is 1.12 bits per heavy atom. The zero-order chi connectivity index (χ0) is 18.1. The second-order valence-electron chi connectivity index (χ2n) is 6.34. The van der Waals surface area contributed by atoms with Gasteiger partial charge in [-0.2, -0.15) is 5.10 Å². The van der Waals surface area contributed by atoms with Crippen molar-refractivity contribution >= 4 is 16.9 Å². The summed E-state index contributed by atoms with van der Waals surface area (Å²) in [6.45, 7) is 2.38. The zero-order valence-corrected chi connectivity index (χ0v) is 14.7. The molecular weight excluding hydrogens is 326 g/mol. The maximum absolute atomic E-state index is 12.8. The number of aromatic nitrogens is 2. The quantitative estimate of drug-likeness (QED) is 0.557. The smallest absolute Gasteiger partial charge is 0.289 e. The van der Waals surface area contributed by atoms with Gasteiger partial charge in [-0.05, 0) is 25.1 Å². The van der Waals surface area contributed by atoms with E-state index in [0.717, 1.165) is 27.8 Å². The first kappa shape index (κ1) is 16.1. The topological polar surface area (TPSA) is 51.3 Å². The van der Waals surface area contributed by atoms with E-state index < -0.39 is 0 Å². The highest BCUT2D eigenvalue weighted by atomic mass is 16.3. The fraction of sp³-hybridized carbons (Fsp3) is 0.143. The standard InChI is InChI=1S/C21H19N3O2/c1-15-18-10-6-7-11-19(18)26-20(15)21(25)23(2)13-16-12-22-24(14-16)17-8-4-3-5-9-17/h3-12,14H,13H2,1-2H3. The second-order valence-corrected chi connectivity index (χ2v) is 6.34. The molecule has 0 atom stereocenters. The van der Waals surface area contributed by atoms with E-state index in [1.54, 1.807) is 22.8 Å². The lowest BCUT2D eigenvalue weighted by Crippen LogP contribution is -2.26. The number of fused-ring (bicyclic) bond motifs is 1. The Labute approximate surface area is 151 Å².